The van der Waals surface area contributed by atoms with Crippen molar-refractivity contribution in [3.63, 3.8) is 0 Å². The van der Waals surface area contributed by atoms with Crippen molar-refractivity contribution in [3.05, 3.63) is 24.2 Å². The van der Waals surface area contributed by atoms with E-state index in [0.29, 0.717) is 17.8 Å². The standard InChI is InChI=1S/C14H19NO2/c16-14(13-7-4-10-17-13)15(12-8-9-12)11-5-2-1-3-6-11/h4,7,10-12H,1-3,5-6,8-9H2. The second kappa shape index (κ2) is 4.55. The van der Waals surface area contributed by atoms with Gasteiger partial charge in [0.2, 0.25) is 0 Å². The third-order valence-electron chi connectivity index (χ3n) is 3.87. The third-order valence-corrected chi connectivity index (χ3v) is 3.87. The molecule has 0 N–H and O–H groups in total. The molecular formula is C14H19NO2. The van der Waals surface area contributed by atoms with E-state index in [4.69, 9.17) is 4.42 Å². The van der Waals surface area contributed by atoms with E-state index in [-0.39, 0.29) is 5.91 Å². The summed E-state index contributed by atoms with van der Waals surface area (Å²) in [5, 5.41) is 0. The van der Waals surface area contributed by atoms with E-state index >= 15 is 0 Å². The molecule has 3 rings (SSSR count). The van der Waals surface area contributed by atoms with Gasteiger partial charge in [-0.15, -0.1) is 0 Å². The van der Waals surface area contributed by atoms with Crippen molar-refractivity contribution in [2.24, 2.45) is 0 Å². The van der Waals surface area contributed by atoms with Crippen LogP contribution in [0.1, 0.15) is 55.5 Å². The molecule has 3 nitrogen and oxygen atoms in total. The summed E-state index contributed by atoms with van der Waals surface area (Å²) in [7, 11) is 0. The SMILES string of the molecule is O=C(c1ccco1)N(C1CCCCC1)C1CC1. The van der Waals surface area contributed by atoms with Crippen LogP contribution in [-0.4, -0.2) is 22.9 Å². The smallest absolute Gasteiger partial charge is 0.290 e. The molecule has 0 radical (unpaired) electrons. The van der Waals surface area contributed by atoms with Gasteiger partial charge < -0.3 is 9.32 Å². The fourth-order valence-electron chi connectivity index (χ4n) is 2.87. The number of carbonyl (C=O) groups excluding carboxylic acids is 1. The molecule has 1 heterocycles. The molecule has 1 aromatic rings. The Balaban J connectivity index is 1.77. The zero-order valence-electron chi connectivity index (χ0n) is 10.1. The maximum atomic E-state index is 12.4. The molecule has 0 bridgehead atoms. The van der Waals surface area contributed by atoms with Crippen LogP contribution in [0.3, 0.4) is 0 Å². The van der Waals surface area contributed by atoms with Crippen molar-refractivity contribution in [2.75, 3.05) is 0 Å². The van der Waals surface area contributed by atoms with E-state index in [1.807, 2.05) is 0 Å². The number of hydrogen-bond donors (Lipinski definition) is 0. The third kappa shape index (κ3) is 2.24. The molecule has 2 aliphatic rings. The maximum absolute atomic E-state index is 12.4. The molecule has 0 spiro atoms. The minimum atomic E-state index is 0.101. The van der Waals surface area contributed by atoms with Gasteiger partial charge in [-0.2, -0.15) is 0 Å². The Kier molecular flexibility index (Phi) is 2.91. The molecule has 17 heavy (non-hydrogen) atoms. The van der Waals surface area contributed by atoms with Crippen LogP contribution in [0.15, 0.2) is 22.8 Å². The van der Waals surface area contributed by atoms with Gasteiger partial charge in [-0.25, -0.2) is 0 Å². The number of hydrogen-bond acceptors (Lipinski definition) is 2. The Morgan fingerprint density at radius 1 is 1.12 bits per heavy atom. The Labute approximate surface area is 102 Å². The van der Waals surface area contributed by atoms with Crippen molar-refractivity contribution in [1.29, 1.82) is 0 Å². The minimum absolute atomic E-state index is 0.101. The summed E-state index contributed by atoms with van der Waals surface area (Å²) >= 11 is 0. The van der Waals surface area contributed by atoms with E-state index in [1.54, 1.807) is 18.4 Å². The van der Waals surface area contributed by atoms with Gasteiger partial charge in [0.25, 0.3) is 5.91 Å². The van der Waals surface area contributed by atoms with Crippen molar-refractivity contribution in [1.82, 2.24) is 4.90 Å². The van der Waals surface area contributed by atoms with Gasteiger partial charge in [0.15, 0.2) is 5.76 Å². The predicted molar refractivity (Wildman–Crippen MR) is 64.8 cm³/mol. The molecule has 0 aromatic carbocycles. The first kappa shape index (κ1) is 10.9. The molecule has 0 aliphatic heterocycles. The summed E-state index contributed by atoms with van der Waals surface area (Å²) in [6, 6.07) is 4.50. The molecule has 3 heteroatoms. The Morgan fingerprint density at radius 3 is 2.41 bits per heavy atom. The van der Waals surface area contributed by atoms with Crippen LogP contribution < -0.4 is 0 Å². The van der Waals surface area contributed by atoms with Gasteiger partial charge in [0.1, 0.15) is 0 Å². The Bertz CT molecular complexity index is 375. The highest BCUT2D eigenvalue weighted by Gasteiger charge is 2.38. The number of carbonyl (C=O) groups is 1. The van der Waals surface area contributed by atoms with Gasteiger partial charge >= 0.3 is 0 Å². The van der Waals surface area contributed by atoms with Gasteiger partial charge in [-0.05, 0) is 37.8 Å². The molecule has 0 atom stereocenters. The van der Waals surface area contributed by atoms with Crippen molar-refractivity contribution in [3.8, 4) is 0 Å². The number of rotatable bonds is 3. The summed E-state index contributed by atoms with van der Waals surface area (Å²) in [6.07, 6.45) is 10.1. The number of amides is 1. The van der Waals surface area contributed by atoms with E-state index < -0.39 is 0 Å². The molecular weight excluding hydrogens is 214 g/mol. The highest BCUT2D eigenvalue weighted by Crippen LogP contribution is 2.34. The van der Waals surface area contributed by atoms with Gasteiger partial charge in [0.05, 0.1) is 6.26 Å². The highest BCUT2D eigenvalue weighted by atomic mass is 16.3. The molecule has 2 fully saturated rings. The van der Waals surface area contributed by atoms with E-state index in [9.17, 15) is 4.79 Å². The zero-order chi connectivity index (χ0) is 11.7. The first-order valence-corrected chi connectivity index (χ1v) is 6.72. The normalized spacial score (nSPS) is 21.4. The van der Waals surface area contributed by atoms with Crippen molar-refractivity contribution < 1.29 is 9.21 Å². The summed E-state index contributed by atoms with van der Waals surface area (Å²) in [5.41, 5.74) is 0. The topological polar surface area (TPSA) is 33.5 Å². The lowest BCUT2D eigenvalue weighted by Crippen LogP contribution is -2.42. The lowest BCUT2D eigenvalue weighted by atomic mass is 9.94. The monoisotopic (exact) mass is 233 g/mol. The summed E-state index contributed by atoms with van der Waals surface area (Å²) in [6.45, 7) is 0. The van der Waals surface area contributed by atoms with E-state index in [1.165, 1.54) is 44.9 Å². The molecule has 2 saturated carbocycles. The molecule has 2 aliphatic carbocycles. The average molecular weight is 233 g/mol. The summed E-state index contributed by atoms with van der Waals surface area (Å²) in [4.78, 5) is 14.5. The van der Waals surface area contributed by atoms with Crippen LogP contribution in [0.5, 0.6) is 0 Å². The maximum Gasteiger partial charge on any atom is 0.290 e. The van der Waals surface area contributed by atoms with Crippen LogP contribution in [-0.2, 0) is 0 Å². The van der Waals surface area contributed by atoms with Crippen LogP contribution in [0.25, 0.3) is 0 Å². The van der Waals surface area contributed by atoms with E-state index in [0.717, 1.165) is 0 Å². The highest BCUT2D eigenvalue weighted by molar-refractivity contribution is 5.92. The van der Waals surface area contributed by atoms with Crippen LogP contribution >= 0.6 is 0 Å². The van der Waals surface area contributed by atoms with E-state index in [2.05, 4.69) is 4.90 Å². The number of furan rings is 1. The molecule has 0 unspecified atom stereocenters. The molecule has 0 saturated heterocycles. The average Bonchev–Trinajstić information content (AvgIpc) is 3.04. The van der Waals surface area contributed by atoms with Gasteiger partial charge in [0, 0.05) is 12.1 Å². The second-order valence-corrected chi connectivity index (χ2v) is 5.21. The van der Waals surface area contributed by atoms with Crippen LogP contribution in [0, 0.1) is 0 Å². The molecule has 92 valence electrons. The largest absolute Gasteiger partial charge is 0.459 e. The van der Waals surface area contributed by atoms with Gasteiger partial charge in [-0.3, -0.25) is 4.79 Å². The first-order chi connectivity index (χ1) is 8.36. The van der Waals surface area contributed by atoms with Crippen LogP contribution in [0.2, 0.25) is 0 Å². The first-order valence-electron chi connectivity index (χ1n) is 6.72. The zero-order valence-corrected chi connectivity index (χ0v) is 10.1. The predicted octanol–water partition coefficient (Wildman–Crippen LogP) is 3.22. The lowest BCUT2D eigenvalue weighted by molar-refractivity contribution is 0.0581. The lowest BCUT2D eigenvalue weighted by Gasteiger charge is -2.34. The number of nitrogens with zero attached hydrogens (tertiary/aromatic N) is 1. The minimum Gasteiger partial charge on any atom is -0.459 e. The van der Waals surface area contributed by atoms with Crippen molar-refractivity contribution in [2.45, 2.75) is 57.0 Å². The van der Waals surface area contributed by atoms with Crippen molar-refractivity contribution >= 4 is 5.91 Å². The molecule has 1 amide bonds. The fraction of sp³-hybridized carbons (Fsp3) is 0.643. The molecule has 1 aromatic heterocycles. The Hall–Kier alpha value is -1.25. The quantitative estimate of drug-likeness (QED) is 0.803. The Morgan fingerprint density at radius 2 is 1.82 bits per heavy atom. The summed E-state index contributed by atoms with van der Waals surface area (Å²) in [5.74, 6) is 0.604. The van der Waals surface area contributed by atoms with Crippen LogP contribution in [0.4, 0.5) is 0 Å². The van der Waals surface area contributed by atoms with Gasteiger partial charge in [-0.1, -0.05) is 19.3 Å². The fourth-order valence-corrected chi connectivity index (χ4v) is 2.87. The summed E-state index contributed by atoms with van der Waals surface area (Å²) < 4.78 is 5.25. The second-order valence-electron chi connectivity index (χ2n) is 5.21.